The monoisotopic (exact) mass is 574 g/mol. The van der Waals surface area contributed by atoms with Gasteiger partial charge in [0.15, 0.2) is 28.1 Å². The van der Waals surface area contributed by atoms with E-state index in [9.17, 15) is 14.7 Å². The maximum Gasteiger partial charge on any atom is 0.301 e. The van der Waals surface area contributed by atoms with Gasteiger partial charge in [-0.25, -0.2) is 4.98 Å². The van der Waals surface area contributed by atoms with Crippen LogP contribution in [0.25, 0.3) is 16.0 Å². The van der Waals surface area contributed by atoms with Gasteiger partial charge in [-0.15, -0.1) is 0 Å². The largest absolute Gasteiger partial charge is 0.507 e. The number of hydrogen-bond acceptors (Lipinski definition) is 10. The third kappa shape index (κ3) is 4.38. The summed E-state index contributed by atoms with van der Waals surface area (Å²) in [6, 6.07) is 12.9. The van der Waals surface area contributed by atoms with Gasteiger partial charge in [0.2, 0.25) is 5.75 Å². The fraction of sp³-hybridized carbons (Fsp3) is 0.233. The molecule has 6 rings (SSSR count). The molecule has 41 heavy (non-hydrogen) atoms. The van der Waals surface area contributed by atoms with Crippen molar-refractivity contribution in [3.05, 3.63) is 70.8 Å². The van der Waals surface area contributed by atoms with E-state index in [-0.39, 0.29) is 11.3 Å². The maximum atomic E-state index is 13.7. The molecule has 0 saturated carbocycles. The number of anilines is 1. The number of Topliss-reactive ketones (excluding diaryl/α,β-unsaturated/α-hetero) is 1. The quantitative estimate of drug-likeness (QED) is 0.192. The van der Waals surface area contributed by atoms with Gasteiger partial charge in [0.05, 0.1) is 43.2 Å². The molecule has 0 spiro atoms. The van der Waals surface area contributed by atoms with Gasteiger partial charge < -0.3 is 28.8 Å². The summed E-state index contributed by atoms with van der Waals surface area (Å²) in [7, 11) is 4.43. The summed E-state index contributed by atoms with van der Waals surface area (Å²) < 4.78 is 28.7. The van der Waals surface area contributed by atoms with Crippen LogP contribution in [-0.2, 0) is 9.59 Å². The molecule has 4 aromatic rings. The molecule has 10 nitrogen and oxygen atoms in total. The predicted molar refractivity (Wildman–Crippen MR) is 153 cm³/mol. The van der Waals surface area contributed by atoms with Gasteiger partial charge >= 0.3 is 5.91 Å². The number of aryl methyl sites for hydroxylation is 1. The average molecular weight is 575 g/mol. The van der Waals surface area contributed by atoms with Crippen LogP contribution in [0.4, 0.5) is 5.13 Å². The van der Waals surface area contributed by atoms with Crippen LogP contribution in [0.1, 0.15) is 22.7 Å². The number of nitrogens with zero attached hydrogens (tertiary/aromatic N) is 2. The molecule has 3 heterocycles. The summed E-state index contributed by atoms with van der Waals surface area (Å²) in [5, 5.41) is 11.9. The van der Waals surface area contributed by atoms with E-state index in [1.54, 1.807) is 30.3 Å². The van der Waals surface area contributed by atoms with Gasteiger partial charge in [-0.3, -0.25) is 14.5 Å². The van der Waals surface area contributed by atoms with Crippen LogP contribution in [0.15, 0.2) is 54.1 Å². The highest BCUT2D eigenvalue weighted by atomic mass is 32.1. The van der Waals surface area contributed by atoms with Crippen molar-refractivity contribution in [1.82, 2.24) is 4.98 Å². The zero-order valence-corrected chi connectivity index (χ0v) is 23.5. The summed E-state index contributed by atoms with van der Waals surface area (Å²) >= 11 is 1.28. The lowest BCUT2D eigenvalue weighted by molar-refractivity contribution is -0.132. The third-order valence-corrected chi connectivity index (χ3v) is 8.02. The lowest BCUT2D eigenvalue weighted by Crippen LogP contribution is -2.29. The standard InChI is InChI=1S/C30H26N2O8S/c1-15-5-7-18-23(11-15)41-30(31-18)32-25(17-13-21(36-2)28(38-4)22(14-17)37-3)24(27(34)29(32)35)26(33)16-6-8-19-20(12-16)40-10-9-39-19/h5-8,11-14,25,33H,9-10H2,1-4H3/b26-24+/t25-/m1/s1. The highest BCUT2D eigenvalue weighted by Gasteiger charge is 2.48. The third-order valence-electron chi connectivity index (χ3n) is 7.00. The molecule has 0 unspecified atom stereocenters. The molecular weight excluding hydrogens is 548 g/mol. The number of methoxy groups -OCH3 is 3. The Balaban J connectivity index is 1.59. The molecule has 1 atom stereocenters. The second-order valence-electron chi connectivity index (χ2n) is 9.45. The average Bonchev–Trinajstić information content (AvgIpc) is 3.52. The number of aromatic nitrogens is 1. The summed E-state index contributed by atoms with van der Waals surface area (Å²) in [6.45, 7) is 2.73. The molecule has 0 aliphatic carbocycles. The maximum absolute atomic E-state index is 13.7. The molecule has 2 aliphatic rings. The van der Waals surface area contributed by atoms with Crippen molar-refractivity contribution in [2.45, 2.75) is 13.0 Å². The van der Waals surface area contributed by atoms with Crippen LogP contribution in [0.5, 0.6) is 28.7 Å². The van der Waals surface area contributed by atoms with Crippen molar-refractivity contribution in [2.75, 3.05) is 39.4 Å². The predicted octanol–water partition coefficient (Wildman–Crippen LogP) is 5.03. The van der Waals surface area contributed by atoms with Crippen molar-refractivity contribution in [3.8, 4) is 28.7 Å². The molecule has 0 bridgehead atoms. The number of aliphatic hydroxyl groups is 1. The van der Waals surface area contributed by atoms with Gasteiger partial charge in [-0.2, -0.15) is 0 Å². The SMILES string of the molecule is COc1cc([C@@H]2/C(=C(\O)c3ccc4c(c3)OCCO4)C(=O)C(=O)N2c2nc3ccc(C)cc3s2)cc(OC)c1OC. The number of carbonyl (C=O) groups is 2. The first-order valence-electron chi connectivity index (χ1n) is 12.7. The van der Waals surface area contributed by atoms with E-state index in [0.717, 1.165) is 10.3 Å². The number of rotatable bonds is 6. The van der Waals surface area contributed by atoms with E-state index in [0.29, 0.717) is 63.7 Å². The van der Waals surface area contributed by atoms with Gasteiger partial charge in [-0.05, 0) is 60.5 Å². The van der Waals surface area contributed by atoms with Crippen molar-refractivity contribution >= 4 is 44.1 Å². The molecule has 0 radical (unpaired) electrons. The summed E-state index contributed by atoms with van der Waals surface area (Å²) in [5.74, 6) is -0.0836. The molecule has 1 N–H and O–H groups in total. The number of aliphatic hydroxyl groups excluding tert-OH is 1. The number of ketones is 1. The van der Waals surface area contributed by atoms with E-state index >= 15 is 0 Å². The van der Waals surface area contributed by atoms with Gasteiger partial charge in [0.25, 0.3) is 5.78 Å². The first kappa shape index (κ1) is 26.5. The molecule has 2 aliphatic heterocycles. The highest BCUT2D eigenvalue weighted by Crippen LogP contribution is 2.48. The zero-order chi connectivity index (χ0) is 28.8. The number of carbonyl (C=O) groups excluding carboxylic acids is 2. The lowest BCUT2D eigenvalue weighted by Gasteiger charge is -2.25. The van der Waals surface area contributed by atoms with Crippen LogP contribution in [-0.4, -0.2) is 56.3 Å². The smallest absolute Gasteiger partial charge is 0.301 e. The van der Waals surface area contributed by atoms with Crippen LogP contribution in [0.2, 0.25) is 0 Å². The van der Waals surface area contributed by atoms with Crippen LogP contribution in [0, 0.1) is 6.92 Å². The van der Waals surface area contributed by atoms with Crippen LogP contribution in [0.3, 0.4) is 0 Å². The van der Waals surface area contributed by atoms with E-state index in [4.69, 9.17) is 23.7 Å². The first-order valence-corrected chi connectivity index (χ1v) is 13.5. The molecule has 210 valence electrons. The van der Waals surface area contributed by atoms with Gasteiger partial charge in [-0.1, -0.05) is 17.4 Å². The van der Waals surface area contributed by atoms with Gasteiger partial charge in [0.1, 0.15) is 19.0 Å². The fourth-order valence-electron chi connectivity index (χ4n) is 5.07. The van der Waals surface area contributed by atoms with Crippen molar-refractivity contribution in [1.29, 1.82) is 0 Å². The molecule has 1 saturated heterocycles. The first-order chi connectivity index (χ1) is 19.8. The second kappa shape index (κ2) is 10.3. The number of benzene rings is 3. The highest BCUT2D eigenvalue weighted by molar-refractivity contribution is 7.22. The fourth-order valence-corrected chi connectivity index (χ4v) is 6.16. The van der Waals surface area contributed by atoms with Crippen LogP contribution < -0.4 is 28.6 Å². The van der Waals surface area contributed by atoms with Crippen molar-refractivity contribution in [3.63, 3.8) is 0 Å². The van der Waals surface area contributed by atoms with E-state index < -0.39 is 17.7 Å². The molecule has 11 heteroatoms. The minimum Gasteiger partial charge on any atom is -0.507 e. The molecule has 1 fully saturated rings. The van der Waals surface area contributed by atoms with E-state index in [1.807, 2.05) is 25.1 Å². The summed E-state index contributed by atoms with van der Waals surface area (Å²) in [4.78, 5) is 33.4. The second-order valence-corrected chi connectivity index (χ2v) is 10.5. The minimum absolute atomic E-state index is 0.114. The Morgan fingerprint density at radius 2 is 1.66 bits per heavy atom. The Hall–Kier alpha value is -4.77. The number of fused-ring (bicyclic) bond motifs is 2. The number of thiazole rings is 1. The summed E-state index contributed by atoms with van der Waals surface area (Å²) in [6.07, 6.45) is 0. The minimum atomic E-state index is -1.06. The lowest BCUT2D eigenvalue weighted by atomic mass is 9.94. The molecule has 3 aromatic carbocycles. The van der Waals surface area contributed by atoms with E-state index in [1.165, 1.54) is 37.6 Å². The molecule has 1 aromatic heterocycles. The number of ether oxygens (including phenoxy) is 5. The topological polar surface area (TPSA) is 117 Å². The van der Waals surface area contributed by atoms with E-state index in [2.05, 4.69) is 4.98 Å². The van der Waals surface area contributed by atoms with Crippen LogP contribution >= 0.6 is 11.3 Å². The Kier molecular flexibility index (Phi) is 6.66. The Bertz CT molecular complexity index is 1720. The Morgan fingerprint density at radius 1 is 0.951 bits per heavy atom. The number of amides is 1. The zero-order valence-electron chi connectivity index (χ0n) is 22.7. The van der Waals surface area contributed by atoms with Crippen molar-refractivity contribution < 1.29 is 38.4 Å². The van der Waals surface area contributed by atoms with Crippen molar-refractivity contribution in [2.24, 2.45) is 0 Å². The summed E-state index contributed by atoms with van der Waals surface area (Å²) in [5.41, 5.74) is 2.36. The molecular formula is C30H26N2O8S. The Morgan fingerprint density at radius 3 is 2.34 bits per heavy atom. The molecule has 1 amide bonds. The number of hydrogen-bond donors (Lipinski definition) is 1. The Labute approximate surface area is 239 Å². The normalized spacial score (nSPS) is 17.7. The van der Waals surface area contributed by atoms with Gasteiger partial charge in [0, 0.05) is 5.56 Å².